The summed E-state index contributed by atoms with van der Waals surface area (Å²) >= 11 is 1.07. The normalized spacial score (nSPS) is 20.6. The van der Waals surface area contributed by atoms with Crippen LogP contribution in [0.15, 0.2) is 65.3 Å². The van der Waals surface area contributed by atoms with Gasteiger partial charge in [-0.1, -0.05) is 6.58 Å². The standard InChI is InChI=1S/C30H27F5N6O2S/c1-4-24(42)41-16(2)11-39(12-17(41)3)28-21-10-22(30(33,34)35)25(20-6-5-18(31)9-23(20)32)27-26(21)40(29(43)37-28)13-19(14-44-27)38-8-7-36-15-38/h4-10,15-17,19H,1,11-14H2,2-3H3/t16-,17+,19?. The minimum Gasteiger partial charge on any atom is -0.352 e. The van der Waals surface area contributed by atoms with Crippen LogP contribution in [0.1, 0.15) is 25.5 Å². The highest BCUT2D eigenvalue weighted by Crippen LogP contribution is 2.49. The van der Waals surface area contributed by atoms with Gasteiger partial charge in [0.15, 0.2) is 0 Å². The van der Waals surface area contributed by atoms with Gasteiger partial charge in [0.2, 0.25) is 5.91 Å². The van der Waals surface area contributed by atoms with Gasteiger partial charge >= 0.3 is 11.9 Å². The molecule has 0 saturated carbocycles. The summed E-state index contributed by atoms with van der Waals surface area (Å²) in [5, 5.41) is 0.0693. The molecule has 1 unspecified atom stereocenters. The van der Waals surface area contributed by atoms with Crippen molar-refractivity contribution in [2.45, 2.75) is 49.6 Å². The highest BCUT2D eigenvalue weighted by atomic mass is 32.2. The number of imidazole rings is 1. The number of carbonyl (C=O) groups is 1. The molecule has 0 N–H and O–H groups in total. The van der Waals surface area contributed by atoms with Crippen molar-refractivity contribution < 1.29 is 26.7 Å². The molecule has 0 bridgehead atoms. The molecule has 0 spiro atoms. The molecule has 1 saturated heterocycles. The first kappa shape index (κ1) is 29.9. The SMILES string of the molecule is C=CC(=O)N1[C@H](C)CN(c2nc(=O)n3c4c(c(-c5ccc(F)cc5F)c(C(F)(F)F)cc24)SCC(n2ccnc2)C3)C[C@@H]1C. The lowest BCUT2D eigenvalue weighted by Gasteiger charge is -2.44. The number of piperazine rings is 1. The molecule has 0 aliphatic carbocycles. The van der Waals surface area contributed by atoms with Crippen molar-refractivity contribution in [3.8, 4) is 11.1 Å². The van der Waals surface area contributed by atoms with Gasteiger partial charge in [-0.05, 0) is 38.1 Å². The lowest BCUT2D eigenvalue weighted by molar-refractivity contribution is -0.137. The third kappa shape index (κ3) is 5.04. The summed E-state index contributed by atoms with van der Waals surface area (Å²) in [7, 11) is 0. The summed E-state index contributed by atoms with van der Waals surface area (Å²) in [6, 6.07) is 2.21. The molecular weight excluding hydrogens is 603 g/mol. The molecule has 1 fully saturated rings. The van der Waals surface area contributed by atoms with E-state index in [9.17, 15) is 27.2 Å². The molecule has 14 heteroatoms. The maximum atomic E-state index is 15.3. The van der Waals surface area contributed by atoms with E-state index < -0.39 is 46.2 Å². The number of hydrogen-bond donors (Lipinski definition) is 0. The summed E-state index contributed by atoms with van der Waals surface area (Å²) in [5.74, 6) is -2.09. The maximum Gasteiger partial charge on any atom is 0.417 e. The van der Waals surface area contributed by atoms with Gasteiger partial charge in [-0.3, -0.25) is 9.36 Å². The summed E-state index contributed by atoms with van der Waals surface area (Å²) in [6.45, 7) is 7.63. The third-order valence-electron chi connectivity index (χ3n) is 8.11. The van der Waals surface area contributed by atoms with Crippen LogP contribution in [0.25, 0.3) is 22.0 Å². The second kappa shape index (κ2) is 11.1. The molecular formula is C30H27F5N6O2S. The van der Waals surface area contributed by atoms with Crippen LogP contribution in [0.4, 0.5) is 27.8 Å². The van der Waals surface area contributed by atoms with Gasteiger partial charge < -0.3 is 14.4 Å². The molecule has 6 rings (SSSR count). The van der Waals surface area contributed by atoms with E-state index in [1.165, 1.54) is 10.6 Å². The summed E-state index contributed by atoms with van der Waals surface area (Å²) in [5.41, 5.74) is -2.53. The Morgan fingerprint density at radius 3 is 2.45 bits per heavy atom. The number of carbonyl (C=O) groups excluding carboxylic acids is 1. The second-order valence-electron chi connectivity index (χ2n) is 11.0. The first-order chi connectivity index (χ1) is 20.9. The number of halogens is 5. The number of alkyl halides is 3. The van der Waals surface area contributed by atoms with Crippen molar-refractivity contribution in [1.82, 2.24) is 24.0 Å². The third-order valence-corrected chi connectivity index (χ3v) is 9.35. The minimum atomic E-state index is -4.94. The van der Waals surface area contributed by atoms with Crippen LogP contribution in [-0.2, 0) is 17.5 Å². The van der Waals surface area contributed by atoms with E-state index in [0.29, 0.717) is 6.07 Å². The number of thioether (sulfide) groups is 1. The Bertz CT molecular complexity index is 1830. The maximum absolute atomic E-state index is 15.3. The average Bonchev–Trinajstić information content (AvgIpc) is 3.42. The fourth-order valence-electron chi connectivity index (χ4n) is 6.27. The van der Waals surface area contributed by atoms with Crippen molar-refractivity contribution in [3.63, 3.8) is 0 Å². The fraction of sp³-hybridized carbons (Fsp3) is 0.333. The highest BCUT2D eigenvalue weighted by molar-refractivity contribution is 7.99. The van der Waals surface area contributed by atoms with Crippen LogP contribution in [0.2, 0.25) is 0 Å². The molecule has 2 aromatic carbocycles. The monoisotopic (exact) mass is 630 g/mol. The van der Waals surface area contributed by atoms with Crippen molar-refractivity contribution in [3.05, 3.63) is 83.3 Å². The number of rotatable bonds is 4. The molecule has 3 atom stereocenters. The number of benzene rings is 2. The van der Waals surface area contributed by atoms with Gasteiger partial charge in [0.25, 0.3) is 0 Å². The van der Waals surface area contributed by atoms with Gasteiger partial charge in [-0.25, -0.2) is 18.6 Å². The summed E-state index contributed by atoms with van der Waals surface area (Å²) in [4.78, 5) is 38.1. The zero-order valence-corrected chi connectivity index (χ0v) is 24.5. The number of aromatic nitrogens is 4. The molecule has 44 heavy (non-hydrogen) atoms. The lowest BCUT2D eigenvalue weighted by atomic mass is 9.95. The molecule has 8 nitrogen and oxygen atoms in total. The molecule has 4 aromatic rings. The van der Waals surface area contributed by atoms with Crippen molar-refractivity contribution in [1.29, 1.82) is 0 Å². The Morgan fingerprint density at radius 1 is 1.11 bits per heavy atom. The van der Waals surface area contributed by atoms with Crippen LogP contribution in [0.3, 0.4) is 0 Å². The molecule has 4 heterocycles. The van der Waals surface area contributed by atoms with E-state index in [1.807, 2.05) is 0 Å². The Kier molecular flexibility index (Phi) is 7.50. The van der Waals surface area contributed by atoms with Crippen molar-refractivity contribution >= 4 is 34.4 Å². The van der Waals surface area contributed by atoms with E-state index in [2.05, 4.69) is 16.5 Å². The topological polar surface area (TPSA) is 76.3 Å². The minimum absolute atomic E-state index is 0.0465. The zero-order valence-electron chi connectivity index (χ0n) is 23.7. The number of anilines is 1. The Labute approximate surface area is 252 Å². The lowest BCUT2D eigenvalue weighted by Crippen LogP contribution is -2.58. The highest BCUT2D eigenvalue weighted by Gasteiger charge is 2.40. The van der Waals surface area contributed by atoms with Gasteiger partial charge in [0, 0.05) is 77.3 Å². The first-order valence-electron chi connectivity index (χ1n) is 13.8. The summed E-state index contributed by atoms with van der Waals surface area (Å²) in [6.07, 6.45) is 1.08. The molecule has 2 aliphatic rings. The summed E-state index contributed by atoms with van der Waals surface area (Å²) < 4.78 is 76.9. The average molecular weight is 631 g/mol. The van der Waals surface area contributed by atoms with Crippen LogP contribution in [0, 0.1) is 11.6 Å². The van der Waals surface area contributed by atoms with E-state index in [4.69, 9.17) is 0 Å². The van der Waals surface area contributed by atoms with E-state index >= 15 is 4.39 Å². The smallest absolute Gasteiger partial charge is 0.352 e. The van der Waals surface area contributed by atoms with Gasteiger partial charge in [-0.15, -0.1) is 11.8 Å². The molecule has 2 aromatic heterocycles. The van der Waals surface area contributed by atoms with Gasteiger partial charge in [0.05, 0.1) is 23.4 Å². The number of amides is 1. The van der Waals surface area contributed by atoms with Crippen LogP contribution in [0.5, 0.6) is 0 Å². The van der Waals surface area contributed by atoms with Crippen LogP contribution >= 0.6 is 11.8 Å². The number of nitrogens with zero attached hydrogens (tertiary/aromatic N) is 6. The predicted octanol–water partition coefficient (Wildman–Crippen LogP) is 5.52. The predicted molar refractivity (Wildman–Crippen MR) is 157 cm³/mol. The van der Waals surface area contributed by atoms with Gasteiger partial charge in [-0.2, -0.15) is 18.2 Å². The largest absolute Gasteiger partial charge is 0.417 e. The van der Waals surface area contributed by atoms with Crippen LogP contribution in [-0.4, -0.2) is 60.8 Å². The molecule has 0 radical (unpaired) electrons. The first-order valence-corrected chi connectivity index (χ1v) is 14.8. The molecule has 2 aliphatic heterocycles. The van der Waals surface area contributed by atoms with Gasteiger partial charge in [0.1, 0.15) is 17.5 Å². The van der Waals surface area contributed by atoms with Crippen LogP contribution < -0.4 is 10.6 Å². The Hall–Kier alpha value is -4.20. The zero-order chi connectivity index (χ0) is 31.5. The number of hydrogen-bond acceptors (Lipinski definition) is 6. The fourth-order valence-corrected chi connectivity index (χ4v) is 7.63. The van der Waals surface area contributed by atoms with E-state index in [-0.39, 0.29) is 65.0 Å². The molecule has 1 amide bonds. The van der Waals surface area contributed by atoms with Crippen molar-refractivity contribution in [2.24, 2.45) is 0 Å². The second-order valence-corrected chi connectivity index (χ2v) is 12.0. The Morgan fingerprint density at radius 2 is 1.84 bits per heavy atom. The van der Waals surface area contributed by atoms with Crippen molar-refractivity contribution in [2.75, 3.05) is 23.7 Å². The quantitative estimate of drug-likeness (QED) is 0.219. The van der Waals surface area contributed by atoms with E-state index in [1.54, 1.807) is 46.9 Å². The van der Waals surface area contributed by atoms with E-state index in [0.717, 1.165) is 30.0 Å². The molecule has 230 valence electrons. The Balaban J connectivity index is 1.65.